The lowest BCUT2D eigenvalue weighted by atomic mass is 10.2. The van der Waals surface area contributed by atoms with E-state index in [0.717, 1.165) is 12.8 Å². The van der Waals surface area contributed by atoms with E-state index >= 15 is 0 Å². The van der Waals surface area contributed by atoms with Gasteiger partial charge in [0, 0.05) is 0 Å². The third-order valence-corrected chi connectivity index (χ3v) is 1.59. The van der Waals surface area contributed by atoms with Crippen LogP contribution in [0.5, 0.6) is 0 Å². The maximum atomic E-state index is 8.55. The van der Waals surface area contributed by atoms with Gasteiger partial charge in [-0.15, -0.1) is 0 Å². The third-order valence-electron chi connectivity index (χ3n) is 1.59. The van der Waals surface area contributed by atoms with E-state index in [-0.39, 0.29) is 19.3 Å². The number of aliphatic hydroxyl groups excluding tert-OH is 2. The van der Waals surface area contributed by atoms with Gasteiger partial charge in [-0.1, -0.05) is 13.3 Å². The SMILES string of the molecule is CCCC(COCCO)OCCO. The fraction of sp³-hybridized carbons (Fsp3) is 1.00. The highest BCUT2D eigenvalue weighted by molar-refractivity contribution is 4.55. The molecule has 4 nitrogen and oxygen atoms in total. The molecule has 0 radical (unpaired) electrons. The zero-order valence-corrected chi connectivity index (χ0v) is 8.24. The minimum absolute atomic E-state index is 0.0405. The van der Waals surface area contributed by atoms with Crippen LogP contribution in [0.3, 0.4) is 0 Å². The number of rotatable bonds is 9. The molecule has 0 heterocycles. The summed E-state index contributed by atoms with van der Waals surface area (Å²) in [4.78, 5) is 0. The van der Waals surface area contributed by atoms with Crippen molar-refractivity contribution in [1.82, 2.24) is 0 Å². The molecule has 0 saturated carbocycles. The van der Waals surface area contributed by atoms with Gasteiger partial charge in [-0.25, -0.2) is 0 Å². The Kier molecular flexibility index (Phi) is 9.80. The standard InChI is InChI=1S/C9H20O4/c1-2-3-9(13-7-5-11)8-12-6-4-10/h9-11H,2-8H2,1H3. The second-order valence-corrected chi connectivity index (χ2v) is 2.80. The number of hydrogen-bond acceptors (Lipinski definition) is 4. The van der Waals surface area contributed by atoms with E-state index in [0.29, 0.717) is 19.8 Å². The summed E-state index contributed by atoms with van der Waals surface area (Å²) in [6.45, 7) is 3.35. The molecule has 0 aliphatic rings. The molecule has 0 amide bonds. The van der Waals surface area contributed by atoms with Crippen LogP contribution in [0.2, 0.25) is 0 Å². The van der Waals surface area contributed by atoms with Crippen molar-refractivity contribution in [2.45, 2.75) is 25.9 Å². The predicted molar refractivity (Wildman–Crippen MR) is 49.6 cm³/mol. The molecule has 2 N–H and O–H groups in total. The Balaban J connectivity index is 3.41. The first kappa shape index (κ1) is 12.8. The second-order valence-electron chi connectivity index (χ2n) is 2.80. The molecule has 4 heteroatoms. The first-order valence-corrected chi connectivity index (χ1v) is 4.76. The average molecular weight is 192 g/mol. The van der Waals surface area contributed by atoms with Crippen LogP contribution in [0, 0.1) is 0 Å². The Morgan fingerprint density at radius 2 is 1.85 bits per heavy atom. The topological polar surface area (TPSA) is 58.9 Å². The molecule has 0 aliphatic carbocycles. The summed E-state index contributed by atoms with van der Waals surface area (Å²) >= 11 is 0. The molecule has 80 valence electrons. The van der Waals surface area contributed by atoms with Gasteiger partial charge in [0.1, 0.15) is 0 Å². The molecule has 0 bridgehead atoms. The summed E-state index contributed by atoms with van der Waals surface area (Å²) in [6.07, 6.45) is 1.99. The maximum Gasteiger partial charge on any atom is 0.0809 e. The van der Waals surface area contributed by atoms with Crippen molar-refractivity contribution in [3.05, 3.63) is 0 Å². The molecular weight excluding hydrogens is 172 g/mol. The Bertz CT molecular complexity index is 97.6. The van der Waals surface area contributed by atoms with Crippen molar-refractivity contribution in [3.63, 3.8) is 0 Å². The smallest absolute Gasteiger partial charge is 0.0809 e. The molecule has 0 aromatic rings. The van der Waals surface area contributed by atoms with Crippen LogP contribution >= 0.6 is 0 Å². The van der Waals surface area contributed by atoms with Gasteiger partial charge >= 0.3 is 0 Å². The lowest BCUT2D eigenvalue weighted by Gasteiger charge is -2.16. The van der Waals surface area contributed by atoms with Crippen LogP contribution in [0.1, 0.15) is 19.8 Å². The summed E-state index contributed by atoms with van der Waals surface area (Å²) in [5, 5.41) is 17.0. The van der Waals surface area contributed by atoms with Crippen LogP contribution in [0.25, 0.3) is 0 Å². The summed E-state index contributed by atoms with van der Waals surface area (Å²) < 4.78 is 10.5. The fourth-order valence-corrected chi connectivity index (χ4v) is 1.04. The summed E-state index contributed by atoms with van der Waals surface area (Å²) in [7, 11) is 0. The lowest BCUT2D eigenvalue weighted by Crippen LogP contribution is -2.22. The second kappa shape index (κ2) is 9.92. The van der Waals surface area contributed by atoms with E-state index in [1.54, 1.807) is 0 Å². The summed E-state index contributed by atoms with van der Waals surface area (Å²) in [5.74, 6) is 0. The van der Waals surface area contributed by atoms with Crippen molar-refractivity contribution >= 4 is 0 Å². The Morgan fingerprint density at radius 1 is 1.15 bits per heavy atom. The van der Waals surface area contributed by atoms with Crippen molar-refractivity contribution in [3.8, 4) is 0 Å². The lowest BCUT2D eigenvalue weighted by molar-refractivity contribution is -0.0369. The minimum atomic E-state index is 0.0405. The van der Waals surface area contributed by atoms with Crippen molar-refractivity contribution in [2.24, 2.45) is 0 Å². The first-order chi connectivity index (χ1) is 6.35. The van der Waals surface area contributed by atoms with Crippen molar-refractivity contribution < 1.29 is 19.7 Å². The number of hydrogen-bond donors (Lipinski definition) is 2. The molecule has 0 spiro atoms. The zero-order valence-electron chi connectivity index (χ0n) is 8.24. The first-order valence-electron chi connectivity index (χ1n) is 4.76. The fourth-order valence-electron chi connectivity index (χ4n) is 1.04. The van der Waals surface area contributed by atoms with Crippen LogP contribution < -0.4 is 0 Å². The van der Waals surface area contributed by atoms with Crippen molar-refractivity contribution in [1.29, 1.82) is 0 Å². The Morgan fingerprint density at radius 3 is 2.38 bits per heavy atom. The Labute approximate surface area is 79.5 Å². The van der Waals surface area contributed by atoms with Crippen LogP contribution in [-0.4, -0.2) is 49.4 Å². The van der Waals surface area contributed by atoms with Crippen LogP contribution in [-0.2, 0) is 9.47 Å². The van der Waals surface area contributed by atoms with Gasteiger partial charge in [0.15, 0.2) is 0 Å². The molecule has 0 aliphatic heterocycles. The molecule has 0 fully saturated rings. The van der Waals surface area contributed by atoms with E-state index in [1.165, 1.54) is 0 Å². The molecule has 1 unspecified atom stereocenters. The highest BCUT2D eigenvalue weighted by Gasteiger charge is 2.07. The molecule has 1 atom stereocenters. The highest BCUT2D eigenvalue weighted by Crippen LogP contribution is 2.02. The molecular formula is C9H20O4. The third kappa shape index (κ3) is 8.18. The molecule has 0 saturated heterocycles. The maximum absolute atomic E-state index is 8.55. The van der Waals surface area contributed by atoms with Gasteiger partial charge < -0.3 is 19.7 Å². The number of aliphatic hydroxyl groups is 2. The highest BCUT2D eigenvalue weighted by atomic mass is 16.5. The van der Waals surface area contributed by atoms with Gasteiger partial charge in [0.25, 0.3) is 0 Å². The van der Waals surface area contributed by atoms with E-state index in [1.807, 2.05) is 0 Å². The zero-order chi connectivity index (χ0) is 9.94. The van der Waals surface area contributed by atoms with E-state index in [2.05, 4.69) is 6.92 Å². The Hall–Kier alpha value is -0.160. The summed E-state index contributed by atoms with van der Waals surface area (Å²) in [5.41, 5.74) is 0. The van der Waals surface area contributed by atoms with E-state index < -0.39 is 0 Å². The molecule has 0 aromatic heterocycles. The largest absolute Gasteiger partial charge is 0.394 e. The molecule has 0 rings (SSSR count). The number of ether oxygens (including phenoxy) is 2. The molecule has 0 aromatic carbocycles. The minimum Gasteiger partial charge on any atom is -0.394 e. The van der Waals surface area contributed by atoms with Gasteiger partial charge in [-0.05, 0) is 6.42 Å². The van der Waals surface area contributed by atoms with Crippen molar-refractivity contribution in [2.75, 3.05) is 33.0 Å². The van der Waals surface area contributed by atoms with E-state index in [4.69, 9.17) is 19.7 Å². The predicted octanol–water partition coefficient (Wildman–Crippen LogP) is 0.173. The van der Waals surface area contributed by atoms with Gasteiger partial charge in [-0.2, -0.15) is 0 Å². The van der Waals surface area contributed by atoms with Gasteiger partial charge in [-0.3, -0.25) is 0 Å². The summed E-state index contributed by atoms with van der Waals surface area (Å²) in [6, 6.07) is 0. The average Bonchev–Trinajstić information content (AvgIpc) is 2.14. The monoisotopic (exact) mass is 192 g/mol. The van der Waals surface area contributed by atoms with Crippen LogP contribution in [0.15, 0.2) is 0 Å². The van der Waals surface area contributed by atoms with Gasteiger partial charge in [0.05, 0.1) is 39.1 Å². The molecule has 13 heavy (non-hydrogen) atoms. The van der Waals surface area contributed by atoms with Crippen LogP contribution in [0.4, 0.5) is 0 Å². The quantitative estimate of drug-likeness (QED) is 0.511. The normalized spacial score (nSPS) is 13.2. The van der Waals surface area contributed by atoms with Gasteiger partial charge in [0.2, 0.25) is 0 Å². The van der Waals surface area contributed by atoms with E-state index in [9.17, 15) is 0 Å².